The minimum absolute atomic E-state index is 0.00290. The molecule has 1 aliphatic carbocycles. The van der Waals surface area contributed by atoms with Gasteiger partial charge in [-0.2, -0.15) is 13.2 Å². The van der Waals surface area contributed by atoms with Crippen molar-refractivity contribution >= 4 is 28.2 Å². The van der Waals surface area contributed by atoms with E-state index in [1.807, 2.05) is 6.07 Å². The monoisotopic (exact) mass is 655 g/mol. The quantitative estimate of drug-likeness (QED) is 0.204. The van der Waals surface area contributed by atoms with Crippen molar-refractivity contribution in [2.24, 2.45) is 5.41 Å². The number of benzene rings is 2. The largest absolute Gasteiger partial charge is 0.495 e. The van der Waals surface area contributed by atoms with Crippen molar-refractivity contribution in [3.8, 4) is 17.6 Å². The molecule has 252 valence electrons. The van der Waals surface area contributed by atoms with Crippen LogP contribution in [0.25, 0.3) is 10.9 Å². The van der Waals surface area contributed by atoms with E-state index in [1.54, 1.807) is 18.2 Å². The molecule has 6 rings (SSSR count). The Morgan fingerprint density at radius 1 is 1.09 bits per heavy atom. The number of likely N-dealkylation sites (tertiary alicyclic amines) is 1. The van der Waals surface area contributed by atoms with Crippen LogP contribution in [-0.4, -0.2) is 80.6 Å². The van der Waals surface area contributed by atoms with Crippen LogP contribution in [0.1, 0.15) is 54.6 Å². The Morgan fingerprint density at radius 3 is 2.51 bits per heavy atom. The number of aromatic nitrogens is 1. The summed E-state index contributed by atoms with van der Waals surface area (Å²) in [5, 5.41) is 9.64. The minimum Gasteiger partial charge on any atom is -0.495 e. The molecule has 1 saturated carbocycles. The predicted molar refractivity (Wildman–Crippen MR) is 173 cm³/mol. The number of methoxy groups -OCH3 is 1. The van der Waals surface area contributed by atoms with Gasteiger partial charge in [0.25, 0.3) is 5.91 Å². The van der Waals surface area contributed by atoms with Crippen molar-refractivity contribution in [1.29, 1.82) is 0 Å². The molecule has 0 bridgehead atoms. The summed E-state index contributed by atoms with van der Waals surface area (Å²) in [6, 6.07) is 10.3. The van der Waals surface area contributed by atoms with Crippen LogP contribution >= 0.6 is 0 Å². The Bertz CT molecular complexity index is 1660. The zero-order valence-corrected chi connectivity index (χ0v) is 26.7. The third-order valence-electron chi connectivity index (χ3n) is 9.83. The molecule has 2 aromatic carbocycles. The summed E-state index contributed by atoms with van der Waals surface area (Å²) in [7, 11) is 2.78. The average molecular weight is 656 g/mol. The fraction of sp³-hybridized carbons (Fsp3) is 0.514. The van der Waals surface area contributed by atoms with E-state index in [2.05, 4.69) is 32.7 Å². The Balaban J connectivity index is 1.14. The Labute approximate surface area is 272 Å². The number of hydrogen-bond donors (Lipinski definition) is 3. The molecule has 3 fully saturated rings. The zero-order valence-electron chi connectivity index (χ0n) is 26.7. The van der Waals surface area contributed by atoms with E-state index < -0.39 is 24.4 Å². The maximum atomic E-state index is 14.5. The molecule has 0 radical (unpaired) electrons. The van der Waals surface area contributed by atoms with E-state index in [-0.39, 0.29) is 35.3 Å². The highest BCUT2D eigenvalue weighted by atomic mass is 19.4. The van der Waals surface area contributed by atoms with Crippen molar-refractivity contribution in [3.63, 3.8) is 0 Å². The van der Waals surface area contributed by atoms with Gasteiger partial charge in [-0.25, -0.2) is 4.39 Å². The van der Waals surface area contributed by atoms with Crippen LogP contribution in [0.3, 0.4) is 0 Å². The molecule has 3 N–H and O–H groups in total. The highest BCUT2D eigenvalue weighted by Gasteiger charge is 2.46. The summed E-state index contributed by atoms with van der Waals surface area (Å²) >= 11 is 0. The van der Waals surface area contributed by atoms with Gasteiger partial charge in [-0.3, -0.25) is 9.69 Å². The number of alkyl halides is 3. The SMILES string of the molecule is CNC(=O)c1cc(OC)c(NCC#Cc2cc3c(N[C@H]4CC[C@H](N5CC6(CCOCC6)C5)CC4)cccc3n2CC(F)(F)F)cc1F. The number of amides is 1. The molecule has 12 heteroatoms. The summed E-state index contributed by atoms with van der Waals surface area (Å²) in [6.07, 6.45) is 2.08. The van der Waals surface area contributed by atoms with E-state index in [9.17, 15) is 22.4 Å². The van der Waals surface area contributed by atoms with Gasteiger partial charge in [0.2, 0.25) is 0 Å². The molecule has 8 nitrogen and oxygen atoms in total. The highest BCUT2D eigenvalue weighted by molar-refractivity contribution is 5.95. The lowest BCUT2D eigenvalue weighted by molar-refractivity contribution is -0.140. The number of rotatable bonds is 8. The fourth-order valence-corrected chi connectivity index (χ4v) is 7.31. The number of anilines is 2. The van der Waals surface area contributed by atoms with Gasteiger partial charge in [0.15, 0.2) is 0 Å². The second-order valence-corrected chi connectivity index (χ2v) is 12.9. The number of carbonyl (C=O) groups is 1. The van der Waals surface area contributed by atoms with Gasteiger partial charge in [0.1, 0.15) is 18.1 Å². The normalized spacial score (nSPS) is 21.1. The molecular weight excluding hydrogens is 614 g/mol. The molecule has 2 saturated heterocycles. The first-order valence-electron chi connectivity index (χ1n) is 16.2. The number of fused-ring (bicyclic) bond motifs is 1. The standard InChI is InChI=1S/C35H41F4N5O3/c1-40-33(45)26-18-32(46-2)30(19-28(26)36)41-14-4-5-25-17-27-29(6-3-7-31(27)44(25)22-35(37,38)39)42-23-8-10-24(11-9-23)43-20-34(21-43)12-15-47-16-13-34/h3,6-7,17-19,23-24,41-42H,8-16,20-22H2,1-2H3,(H,40,45)/t23-,24-. The van der Waals surface area contributed by atoms with E-state index in [1.165, 1.54) is 37.9 Å². The Morgan fingerprint density at radius 2 is 1.83 bits per heavy atom. The van der Waals surface area contributed by atoms with Crippen LogP contribution < -0.4 is 20.7 Å². The molecule has 47 heavy (non-hydrogen) atoms. The van der Waals surface area contributed by atoms with E-state index in [0.717, 1.165) is 63.5 Å². The first kappa shape index (κ1) is 33.0. The maximum absolute atomic E-state index is 14.5. The van der Waals surface area contributed by atoms with Gasteiger partial charge in [0, 0.05) is 68.0 Å². The van der Waals surface area contributed by atoms with Crippen molar-refractivity contribution < 1.29 is 31.8 Å². The van der Waals surface area contributed by atoms with Gasteiger partial charge < -0.3 is 30.0 Å². The molecule has 0 unspecified atom stereocenters. The van der Waals surface area contributed by atoms with Crippen molar-refractivity contribution in [1.82, 2.24) is 14.8 Å². The lowest BCUT2D eigenvalue weighted by Crippen LogP contribution is -2.62. The molecule has 1 amide bonds. The van der Waals surface area contributed by atoms with Crippen LogP contribution in [0, 0.1) is 23.1 Å². The molecule has 0 atom stereocenters. The van der Waals surface area contributed by atoms with Crippen molar-refractivity contribution in [3.05, 3.63) is 53.5 Å². The fourth-order valence-electron chi connectivity index (χ4n) is 7.31. The van der Waals surface area contributed by atoms with Gasteiger partial charge in [-0.05, 0) is 68.7 Å². The second-order valence-electron chi connectivity index (χ2n) is 12.9. The minimum atomic E-state index is -4.44. The molecule has 3 aromatic rings. The van der Waals surface area contributed by atoms with E-state index >= 15 is 0 Å². The first-order chi connectivity index (χ1) is 22.6. The molecular formula is C35H41F4N5O3. The number of ether oxygens (including phenoxy) is 2. The summed E-state index contributed by atoms with van der Waals surface area (Å²) in [5.74, 6) is 4.64. The first-order valence-corrected chi connectivity index (χ1v) is 16.2. The van der Waals surface area contributed by atoms with Gasteiger partial charge in [-0.15, -0.1) is 0 Å². The molecule has 1 aromatic heterocycles. The lowest BCUT2D eigenvalue weighted by atomic mass is 9.71. The van der Waals surface area contributed by atoms with Crippen LogP contribution in [0.15, 0.2) is 36.4 Å². The van der Waals surface area contributed by atoms with Gasteiger partial charge in [0.05, 0.1) is 36.1 Å². The summed E-state index contributed by atoms with van der Waals surface area (Å²) in [5.41, 5.74) is 2.03. The molecule has 3 heterocycles. The second kappa shape index (κ2) is 13.6. The number of carbonyl (C=O) groups excluding carboxylic acids is 1. The average Bonchev–Trinajstić information content (AvgIpc) is 3.38. The number of halogens is 4. The lowest BCUT2D eigenvalue weighted by Gasteiger charge is -2.56. The number of nitrogens with zero attached hydrogens (tertiary/aromatic N) is 2. The zero-order chi connectivity index (χ0) is 33.2. The van der Waals surface area contributed by atoms with Crippen LogP contribution in [-0.2, 0) is 11.3 Å². The summed E-state index contributed by atoms with van der Waals surface area (Å²) in [4.78, 5) is 14.6. The van der Waals surface area contributed by atoms with Crippen LogP contribution in [0.4, 0.5) is 28.9 Å². The van der Waals surface area contributed by atoms with E-state index in [4.69, 9.17) is 9.47 Å². The third kappa shape index (κ3) is 7.31. The van der Waals surface area contributed by atoms with Gasteiger partial charge in [-0.1, -0.05) is 12.0 Å². The van der Waals surface area contributed by atoms with Crippen LogP contribution in [0.5, 0.6) is 5.75 Å². The summed E-state index contributed by atoms with van der Waals surface area (Å²) < 4.78 is 67.7. The molecule has 3 aliphatic rings. The predicted octanol–water partition coefficient (Wildman–Crippen LogP) is 6.01. The Hall–Kier alpha value is -3.95. The van der Waals surface area contributed by atoms with E-state index in [0.29, 0.717) is 22.4 Å². The van der Waals surface area contributed by atoms with Gasteiger partial charge >= 0.3 is 6.18 Å². The molecule has 2 aliphatic heterocycles. The summed E-state index contributed by atoms with van der Waals surface area (Å²) in [6.45, 7) is 2.90. The third-order valence-corrected chi connectivity index (χ3v) is 9.83. The number of hydrogen-bond acceptors (Lipinski definition) is 6. The van der Waals surface area contributed by atoms with Crippen LogP contribution in [0.2, 0.25) is 0 Å². The topological polar surface area (TPSA) is 79.8 Å². The van der Waals surface area contributed by atoms with Crippen molar-refractivity contribution in [2.45, 2.75) is 63.3 Å². The molecule has 1 spiro atoms. The number of nitrogens with one attached hydrogen (secondary N) is 3. The van der Waals surface area contributed by atoms with Crippen molar-refractivity contribution in [2.75, 3.05) is 57.6 Å². The maximum Gasteiger partial charge on any atom is 0.406 e. The Kier molecular flexibility index (Phi) is 9.58. The highest BCUT2D eigenvalue weighted by Crippen LogP contribution is 2.43. The smallest absolute Gasteiger partial charge is 0.406 e.